The van der Waals surface area contributed by atoms with Gasteiger partial charge in [-0.25, -0.2) is 0 Å². The summed E-state index contributed by atoms with van der Waals surface area (Å²) in [5, 5.41) is 9.20. The van der Waals surface area contributed by atoms with Crippen LogP contribution in [0.3, 0.4) is 0 Å². The van der Waals surface area contributed by atoms with Crippen molar-refractivity contribution in [2.45, 2.75) is 37.0 Å². The van der Waals surface area contributed by atoms with Crippen molar-refractivity contribution in [3.05, 3.63) is 35.9 Å². The number of rotatable bonds is 6. The maximum absolute atomic E-state index is 12.5. The van der Waals surface area contributed by atoms with Gasteiger partial charge in [-0.05, 0) is 12.0 Å². The minimum atomic E-state index is -4.75. The maximum atomic E-state index is 12.5. The zero-order valence-electron chi connectivity index (χ0n) is 11.5. The number of hydrogen-bond donors (Lipinski definition) is 1. The molecule has 21 heavy (non-hydrogen) atoms. The van der Waals surface area contributed by atoms with Gasteiger partial charge in [0.25, 0.3) is 0 Å². The molecule has 1 amide bonds. The quantitative estimate of drug-likeness (QED) is 0.784. The number of aliphatic hydroxyl groups excluding tert-OH is 1. The van der Waals surface area contributed by atoms with E-state index in [1.807, 2.05) is 0 Å². The van der Waals surface area contributed by atoms with E-state index >= 15 is 0 Å². The van der Waals surface area contributed by atoms with Crippen molar-refractivity contribution in [1.29, 1.82) is 0 Å². The predicted octanol–water partition coefficient (Wildman–Crippen LogP) is 3.11. The summed E-state index contributed by atoms with van der Waals surface area (Å²) >= 11 is 3.14. The molecule has 0 spiro atoms. The molecule has 0 heterocycles. The summed E-state index contributed by atoms with van der Waals surface area (Å²) in [7, 11) is 0. The first kappa shape index (κ1) is 18.0. The van der Waals surface area contributed by atoms with Gasteiger partial charge in [-0.2, -0.15) is 13.2 Å². The van der Waals surface area contributed by atoms with Gasteiger partial charge in [-0.3, -0.25) is 4.79 Å². The lowest BCUT2D eigenvalue weighted by molar-refractivity contribution is -0.208. The molecule has 3 nitrogen and oxygen atoms in total. The third-order valence-electron chi connectivity index (χ3n) is 2.93. The zero-order valence-corrected chi connectivity index (χ0v) is 13.1. The SMILES string of the molecule is CCC(Br)C(=O)N(Cc1ccccc1)CC(O)C(F)(F)F. The fourth-order valence-corrected chi connectivity index (χ4v) is 2.01. The van der Waals surface area contributed by atoms with Crippen LogP contribution in [0.5, 0.6) is 0 Å². The summed E-state index contributed by atoms with van der Waals surface area (Å²) in [4.78, 5) is 12.6. The Morgan fingerprint density at radius 1 is 1.33 bits per heavy atom. The fraction of sp³-hybridized carbons (Fsp3) is 0.500. The number of carbonyl (C=O) groups is 1. The van der Waals surface area contributed by atoms with Crippen molar-refractivity contribution >= 4 is 21.8 Å². The Hall–Kier alpha value is -1.08. The number of alkyl halides is 4. The third-order valence-corrected chi connectivity index (χ3v) is 3.96. The zero-order chi connectivity index (χ0) is 16.0. The van der Waals surface area contributed by atoms with Gasteiger partial charge in [0.05, 0.1) is 11.4 Å². The van der Waals surface area contributed by atoms with Gasteiger partial charge in [-0.1, -0.05) is 53.2 Å². The van der Waals surface area contributed by atoms with Crippen molar-refractivity contribution < 1.29 is 23.1 Å². The molecule has 1 N–H and O–H groups in total. The number of hydrogen-bond acceptors (Lipinski definition) is 2. The van der Waals surface area contributed by atoms with Crippen molar-refractivity contribution in [3.63, 3.8) is 0 Å². The standard InChI is InChI=1S/C14H17BrF3NO2/c1-2-11(15)13(21)19(9-12(20)14(16,17)18)8-10-6-4-3-5-7-10/h3-7,11-12,20H,2,8-9H2,1H3. The van der Waals surface area contributed by atoms with E-state index in [0.29, 0.717) is 12.0 Å². The summed E-state index contributed by atoms with van der Waals surface area (Å²) in [6.07, 6.45) is -6.85. The fourth-order valence-electron chi connectivity index (χ4n) is 1.72. The van der Waals surface area contributed by atoms with Gasteiger partial charge >= 0.3 is 6.18 Å². The van der Waals surface area contributed by atoms with E-state index in [1.54, 1.807) is 37.3 Å². The molecule has 2 unspecified atom stereocenters. The highest BCUT2D eigenvalue weighted by molar-refractivity contribution is 9.10. The van der Waals surface area contributed by atoms with Crippen LogP contribution in [-0.4, -0.2) is 39.6 Å². The Morgan fingerprint density at radius 2 is 1.90 bits per heavy atom. The molecule has 2 atom stereocenters. The topological polar surface area (TPSA) is 40.5 Å². The van der Waals surface area contributed by atoms with Gasteiger partial charge in [0, 0.05) is 6.54 Å². The monoisotopic (exact) mass is 367 g/mol. The first-order valence-corrected chi connectivity index (χ1v) is 7.38. The van der Waals surface area contributed by atoms with E-state index in [2.05, 4.69) is 15.9 Å². The molecule has 118 valence electrons. The van der Waals surface area contributed by atoms with Crippen molar-refractivity contribution in [1.82, 2.24) is 4.90 Å². The largest absolute Gasteiger partial charge is 0.416 e. The normalized spacial score (nSPS) is 14.6. The van der Waals surface area contributed by atoms with Crippen LogP contribution in [0.2, 0.25) is 0 Å². The second-order valence-corrected chi connectivity index (χ2v) is 5.74. The Labute approximate surface area is 129 Å². The second kappa shape index (κ2) is 7.79. The van der Waals surface area contributed by atoms with Gasteiger partial charge in [-0.15, -0.1) is 0 Å². The van der Waals surface area contributed by atoms with Crippen LogP contribution in [0.1, 0.15) is 18.9 Å². The molecule has 0 aliphatic rings. The molecule has 0 aromatic heterocycles. The van der Waals surface area contributed by atoms with E-state index in [0.717, 1.165) is 4.90 Å². The average molecular weight is 368 g/mol. The lowest BCUT2D eigenvalue weighted by Gasteiger charge is -2.28. The number of halogens is 4. The van der Waals surface area contributed by atoms with Crippen LogP contribution in [0.15, 0.2) is 30.3 Å². The van der Waals surface area contributed by atoms with Crippen molar-refractivity contribution in [2.75, 3.05) is 6.54 Å². The molecule has 1 aromatic carbocycles. The minimum Gasteiger partial charge on any atom is -0.382 e. The van der Waals surface area contributed by atoms with Crippen LogP contribution in [0.25, 0.3) is 0 Å². The Balaban J connectivity index is 2.87. The van der Waals surface area contributed by atoms with Crippen LogP contribution >= 0.6 is 15.9 Å². The molecule has 1 rings (SSSR count). The van der Waals surface area contributed by atoms with Crippen LogP contribution in [0.4, 0.5) is 13.2 Å². The van der Waals surface area contributed by atoms with E-state index < -0.39 is 29.6 Å². The summed E-state index contributed by atoms with van der Waals surface area (Å²) < 4.78 is 37.5. The summed E-state index contributed by atoms with van der Waals surface area (Å²) in [6, 6.07) is 8.69. The van der Waals surface area contributed by atoms with Gasteiger partial charge in [0.15, 0.2) is 6.10 Å². The number of carbonyl (C=O) groups excluding carboxylic acids is 1. The molecule has 1 aromatic rings. The molecule has 7 heteroatoms. The molecular weight excluding hydrogens is 351 g/mol. The summed E-state index contributed by atoms with van der Waals surface area (Å²) in [6.45, 7) is 0.993. The molecule has 0 radical (unpaired) electrons. The Kier molecular flexibility index (Phi) is 6.67. The second-order valence-electron chi connectivity index (χ2n) is 4.64. The predicted molar refractivity (Wildman–Crippen MR) is 76.9 cm³/mol. The Morgan fingerprint density at radius 3 is 2.38 bits per heavy atom. The average Bonchev–Trinajstić information content (AvgIpc) is 2.45. The smallest absolute Gasteiger partial charge is 0.382 e. The Bertz CT molecular complexity index is 453. The van der Waals surface area contributed by atoms with Gasteiger partial charge < -0.3 is 10.0 Å². The first-order chi connectivity index (χ1) is 9.75. The number of benzene rings is 1. The summed E-state index contributed by atoms with van der Waals surface area (Å²) in [5.74, 6) is -0.468. The van der Waals surface area contributed by atoms with E-state index in [9.17, 15) is 23.1 Å². The molecule has 0 saturated heterocycles. The molecule has 0 saturated carbocycles. The highest BCUT2D eigenvalue weighted by Crippen LogP contribution is 2.22. The van der Waals surface area contributed by atoms with Crippen LogP contribution < -0.4 is 0 Å². The van der Waals surface area contributed by atoms with Crippen LogP contribution in [0, 0.1) is 0 Å². The van der Waals surface area contributed by atoms with E-state index in [1.165, 1.54) is 0 Å². The lowest BCUT2D eigenvalue weighted by Crippen LogP contribution is -2.45. The molecule has 0 bridgehead atoms. The number of nitrogens with zero attached hydrogens (tertiary/aromatic N) is 1. The lowest BCUT2D eigenvalue weighted by atomic mass is 10.2. The summed E-state index contributed by atoms with van der Waals surface area (Å²) in [5.41, 5.74) is 0.705. The highest BCUT2D eigenvalue weighted by atomic mass is 79.9. The molecule has 0 fully saturated rings. The van der Waals surface area contributed by atoms with Gasteiger partial charge in [0.2, 0.25) is 5.91 Å². The molecule has 0 aliphatic heterocycles. The van der Waals surface area contributed by atoms with E-state index in [-0.39, 0.29) is 6.54 Å². The first-order valence-electron chi connectivity index (χ1n) is 6.47. The highest BCUT2D eigenvalue weighted by Gasteiger charge is 2.40. The number of amides is 1. The molecule has 0 aliphatic carbocycles. The van der Waals surface area contributed by atoms with E-state index in [4.69, 9.17) is 0 Å². The van der Waals surface area contributed by atoms with Crippen molar-refractivity contribution in [2.24, 2.45) is 0 Å². The van der Waals surface area contributed by atoms with Crippen molar-refractivity contribution in [3.8, 4) is 0 Å². The third kappa shape index (κ3) is 5.67. The molecular formula is C14H17BrF3NO2. The van der Waals surface area contributed by atoms with Gasteiger partial charge in [0.1, 0.15) is 0 Å². The van der Waals surface area contributed by atoms with Crippen LogP contribution in [-0.2, 0) is 11.3 Å². The minimum absolute atomic E-state index is 0.0227. The number of aliphatic hydroxyl groups is 1. The maximum Gasteiger partial charge on any atom is 0.416 e.